The maximum atomic E-state index is 13.4. The van der Waals surface area contributed by atoms with E-state index in [0.717, 1.165) is 39.9 Å². The molecule has 1 aliphatic rings. The van der Waals surface area contributed by atoms with Gasteiger partial charge >= 0.3 is 0 Å². The van der Waals surface area contributed by atoms with Crippen LogP contribution in [0.3, 0.4) is 0 Å². The second-order valence-electron chi connectivity index (χ2n) is 7.84. The highest BCUT2D eigenvalue weighted by Gasteiger charge is 2.20. The number of hydrogen-bond acceptors (Lipinski definition) is 8. The Kier molecular flexibility index (Phi) is 8.61. The van der Waals surface area contributed by atoms with Crippen molar-refractivity contribution >= 4 is 54.6 Å². The number of morpholine rings is 1. The average molecular weight is 562 g/mol. The van der Waals surface area contributed by atoms with Gasteiger partial charge in [0.1, 0.15) is 0 Å². The van der Waals surface area contributed by atoms with Gasteiger partial charge in [0.05, 0.1) is 44.8 Å². The van der Waals surface area contributed by atoms with Crippen LogP contribution in [0, 0.1) is 0 Å². The third-order valence-electron chi connectivity index (χ3n) is 5.69. The molecule has 2 aromatic carbocycles. The van der Waals surface area contributed by atoms with Crippen LogP contribution in [-0.2, 0) is 9.53 Å². The van der Waals surface area contributed by atoms with E-state index in [0.29, 0.717) is 42.1 Å². The lowest BCUT2D eigenvalue weighted by Gasteiger charge is -2.28. The first kappa shape index (κ1) is 25.4. The van der Waals surface area contributed by atoms with Gasteiger partial charge in [0, 0.05) is 36.7 Å². The maximum absolute atomic E-state index is 13.4. The number of amides is 1. The largest absolute Gasteiger partial charge is 0.493 e. The van der Waals surface area contributed by atoms with Gasteiger partial charge in [-0.1, -0.05) is 27.3 Å². The lowest BCUT2D eigenvalue weighted by atomic mass is 10.1. The average Bonchev–Trinajstić information content (AvgIpc) is 3.30. The molecular weight excluding hydrogens is 534 g/mol. The highest BCUT2D eigenvalue weighted by Crippen LogP contribution is 2.38. The molecule has 4 rings (SSSR count). The quantitative estimate of drug-likeness (QED) is 0.357. The van der Waals surface area contributed by atoms with E-state index in [1.54, 1.807) is 50.5 Å². The predicted octanol–water partition coefficient (Wildman–Crippen LogP) is 4.46. The number of rotatable bonds is 9. The number of aromatic nitrogens is 1. The van der Waals surface area contributed by atoms with Gasteiger partial charge in [0.2, 0.25) is 5.75 Å². The molecule has 0 N–H and O–H groups in total. The van der Waals surface area contributed by atoms with Crippen LogP contribution in [-0.4, -0.2) is 76.5 Å². The molecule has 0 bridgehead atoms. The Morgan fingerprint density at radius 2 is 1.86 bits per heavy atom. The van der Waals surface area contributed by atoms with Crippen molar-refractivity contribution in [3.05, 3.63) is 46.4 Å². The topological polar surface area (TPSA) is 73.4 Å². The second kappa shape index (κ2) is 11.9. The first-order valence-electron chi connectivity index (χ1n) is 11.2. The minimum Gasteiger partial charge on any atom is -0.493 e. The number of fused-ring (bicyclic) bond motifs is 1. The Balaban J connectivity index is 1.60. The van der Waals surface area contributed by atoms with E-state index in [2.05, 4.69) is 20.8 Å². The first-order valence-corrected chi connectivity index (χ1v) is 12.8. The van der Waals surface area contributed by atoms with Crippen LogP contribution in [0.2, 0.25) is 0 Å². The first-order chi connectivity index (χ1) is 17.0. The van der Waals surface area contributed by atoms with Crippen molar-refractivity contribution in [2.24, 2.45) is 0 Å². The predicted molar refractivity (Wildman–Crippen MR) is 142 cm³/mol. The van der Waals surface area contributed by atoms with Crippen molar-refractivity contribution in [2.75, 3.05) is 65.6 Å². The Morgan fingerprint density at radius 3 is 2.51 bits per heavy atom. The number of nitrogens with zero attached hydrogens (tertiary/aromatic N) is 3. The van der Waals surface area contributed by atoms with Gasteiger partial charge in [-0.2, -0.15) is 0 Å². The van der Waals surface area contributed by atoms with Gasteiger partial charge in [0.15, 0.2) is 16.6 Å². The molecule has 0 spiro atoms. The van der Waals surface area contributed by atoms with Gasteiger partial charge in [-0.3, -0.25) is 14.6 Å². The van der Waals surface area contributed by atoms with Crippen molar-refractivity contribution in [1.29, 1.82) is 0 Å². The summed E-state index contributed by atoms with van der Waals surface area (Å²) < 4.78 is 23.7. The summed E-state index contributed by atoms with van der Waals surface area (Å²) in [5.41, 5.74) is 1.63. The monoisotopic (exact) mass is 561 g/mol. The van der Waals surface area contributed by atoms with Crippen molar-refractivity contribution in [2.45, 2.75) is 0 Å². The molecule has 8 nitrogen and oxygen atoms in total. The van der Waals surface area contributed by atoms with Gasteiger partial charge < -0.3 is 18.9 Å². The molecule has 35 heavy (non-hydrogen) atoms. The number of carbonyl (C=O) groups is 1. The van der Waals surface area contributed by atoms with Crippen LogP contribution in [0.15, 0.2) is 40.9 Å². The molecule has 1 fully saturated rings. The fourth-order valence-corrected chi connectivity index (χ4v) is 5.37. The summed E-state index contributed by atoms with van der Waals surface area (Å²) in [5.74, 6) is 1.41. The zero-order chi connectivity index (χ0) is 24.8. The Hall–Kier alpha value is -2.66. The lowest BCUT2D eigenvalue weighted by molar-refractivity contribution is -0.114. The fraction of sp³-hybridized carbons (Fsp3) is 0.360. The number of carbonyl (C=O) groups excluding carboxylic acids is 1. The number of hydrogen-bond donors (Lipinski definition) is 0. The molecule has 0 atom stereocenters. The standard InChI is InChI=1S/C25H28BrN3O5S/c1-31-20-14-17(15-21(32-2)24(20)33-3)4-7-23(30)29(9-8-28-10-12-34-13-11-28)25-27-19-6-5-18(26)16-22(19)35-25/h4-7,14-16H,8-13H2,1-3H3/b7-4+. The van der Waals surface area contributed by atoms with Crippen molar-refractivity contribution in [1.82, 2.24) is 9.88 Å². The third kappa shape index (κ3) is 6.13. The molecule has 2 heterocycles. The normalized spacial score (nSPS) is 14.4. The molecule has 10 heteroatoms. The van der Waals surface area contributed by atoms with E-state index in [9.17, 15) is 4.79 Å². The SMILES string of the molecule is COc1cc(/C=C/C(=O)N(CCN2CCOCC2)c2nc3ccc(Br)cc3s2)cc(OC)c1OC. The van der Waals surface area contributed by atoms with Crippen LogP contribution in [0.25, 0.3) is 16.3 Å². The molecule has 1 amide bonds. The minimum atomic E-state index is -0.148. The molecule has 0 aliphatic carbocycles. The smallest absolute Gasteiger partial charge is 0.252 e. The van der Waals surface area contributed by atoms with Crippen LogP contribution in [0.5, 0.6) is 17.2 Å². The van der Waals surface area contributed by atoms with E-state index in [-0.39, 0.29) is 5.91 Å². The summed E-state index contributed by atoms with van der Waals surface area (Å²) in [6, 6.07) is 9.54. The van der Waals surface area contributed by atoms with Gasteiger partial charge in [-0.25, -0.2) is 4.98 Å². The van der Waals surface area contributed by atoms with Gasteiger partial charge in [-0.15, -0.1) is 0 Å². The molecule has 1 aromatic heterocycles. The number of anilines is 1. The van der Waals surface area contributed by atoms with E-state index in [4.69, 9.17) is 23.9 Å². The third-order valence-corrected chi connectivity index (χ3v) is 7.22. The van der Waals surface area contributed by atoms with Crippen molar-refractivity contribution < 1.29 is 23.7 Å². The number of benzene rings is 2. The number of ether oxygens (including phenoxy) is 4. The summed E-state index contributed by atoms with van der Waals surface area (Å²) >= 11 is 5.02. The molecule has 1 saturated heterocycles. The summed E-state index contributed by atoms with van der Waals surface area (Å²) in [6.07, 6.45) is 3.31. The Bertz CT molecular complexity index is 1180. The lowest BCUT2D eigenvalue weighted by Crippen LogP contribution is -2.42. The van der Waals surface area contributed by atoms with Crippen LogP contribution >= 0.6 is 27.3 Å². The summed E-state index contributed by atoms with van der Waals surface area (Å²) in [5, 5.41) is 0.672. The number of thiazole rings is 1. The van der Waals surface area contributed by atoms with E-state index in [1.165, 1.54) is 11.3 Å². The van der Waals surface area contributed by atoms with E-state index < -0.39 is 0 Å². The fourth-order valence-electron chi connectivity index (χ4n) is 3.82. The van der Waals surface area contributed by atoms with Crippen molar-refractivity contribution in [3.8, 4) is 17.2 Å². The van der Waals surface area contributed by atoms with E-state index >= 15 is 0 Å². The summed E-state index contributed by atoms with van der Waals surface area (Å²) in [6.45, 7) is 4.41. The minimum absolute atomic E-state index is 0.148. The molecule has 1 aliphatic heterocycles. The molecule has 186 valence electrons. The summed E-state index contributed by atoms with van der Waals surface area (Å²) in [7, 11) is 4.69. The highest BCUT2D eigenvalue weighted by molar-refractivity contribution is 9.10. The van der Waals surface area contributed by atoms with Crippen LogP contribution < -0.4 is 19.1 Å². The van der Waals surface area contributed by atoms with Crippen LogP contribution in [0.4, 0.5) is 5.13 Å². The number of methoxy groups -OCH3 is 3. The van der Waals surface area contributed by atoms with E-state index in [1.807, 2.05) is 18.2 Å². The molecule has 3 aromatic rings. The molecular formula is C25H28BrN3O5S. The van der Waals surface area contributed by atoms with Gasteiger partial charge in [-0.05, 0) is 42.0 Å². The maximum Gasteiger partial charge on any atom is 0.252 e. The zero-order valence-corrected chi connectivity index (χ0v) is 22.4. The Labute approximate surface area is 217 Å². The Morgan fingerprint density at radius 1 is 1.14 bits per heavy atom. The zero-order valence-electron chi connectivity index (χ0n) is 20.0. The summed E-state index contributed by atoms with van der Waals surface area (Å²) in [4.78, 5) is 22.2. The highest BCUT2D eigenvalue weighted by atomic mass is 79.9. The van der Waals surface area contributed by atoms with Crippen LogP contribution in [0.1, 0.15) is 5.56 Å². The number of halogens is 1. The molecule has 0 saturated carbocycles. The van der Waals surface area contributed by atoms with Gasteiger partial charge in [0.25, 0.3) is 5.91 Å². The molecule has 0 unspecified atom stereocenters. The second-order valence-corrected chi connectivity index (χ2v) is 9.77. The van der Waals surface area contributed by atoms with Crippen molar-refractivity contribution in [3.63, 3.8) is 0 Å². The molecule has 0 radical (unpaired) electrons.